The number of halogens is 3. The third-order valence-corrected chi connectivity index (χ3v) is 4.34. The molecule has 106 valence electrons. The molecule has 0 spiro atoms. The van der Waals surface area contributed by atoms with Crippen LogP contribution in [0.25, 0.3) is 0 Å². The summed E-state index contributed by atoms with van der Waals surface area (Å²) in [7, 11) is 1.90. The number of aryl methyl sites for hydroxylation is 1. The molecule has 0 heterocycles. The van der Waals surface area contributed by atoms with Crippen LogP contribution >= 0.6 is 27.5 Å². The average molecular weight is 357 g/mol. The van der Waals surface area contributed by atoms with Gasteiger partial charge >= 0.3 is 0 Å². The molecule has 0 fully saturated rings. The Morgan fingerprint density at radius 2 is 2.00 bits per heavy atom. The van der Waals surface area contributed by atoms with E-state index in [1.165, 1.54) is 6.07 Å². The highest BCUT2D eigenvalue weighted by molar-refractivity contribution is 9.10. The first-order chi connectivity index (χ1) is 9.51. The zero-order valence-corrected chi connectivity index (χ0v) is 13.7. The van der Waals surface area contributed by atoms with Crippen molar-refractivity contribution in [2.45, 2.75) is 19.4 Å². The molecule has 0 radical (unpaired) electrons. The van der Waals surface area contributed by atoms with Gasteiger partial charge in [0.2, 0.25) is 0 Å². The minimum absolute atomic E-state index is 0.0992. The molecule has 0 aliphatic carbocycles. The van der Waals surface area contributed by atoms with E-state index in [0.29, 0.717) is 5.02 Å². The molecule has 1 unspecified atom stereocenters. The van der Waals surface area contributed by atoms with Crippen molar-refractivity contribution in [3.05, 3.63) is 68.4 Å². The molecule has 0 saturated carbocycles. The molecule has 1 atom stereocenters. The Morgan fingerprint density at radius 1 is 1.25 bits per heavy atom. The van der Waals surface area contributed by atoms with Gasteiger partial charge in [-0.1, -0.05) is 39.7 Å². The van der Waals surface area contributed by atoms with Gasteiger partial charge in [-0.05, 0) is 61.3 Å². The van der Waals surface area contributed by atoms with Gasteiger partial charge in [0.25, 0.3) is 0 Å². The largest absolute Gasteiger partial charge is 0.313 e. The van der Waals surface area contributed by atoms with Crippen LogP contribution in [0, 0.1) is 12.7 Å². The second-order valence-electron chi connectivity index (χ2n) is 4.78. The van der Waals surface area contributed by atoms with E-state index in [1.54, 1.807) is 6.07 Å². The zero-order valence-electron chi connectivity index (χ0n) is 11.4. The van der Waals surface area contributed by atoms with E-state index < -0.39 is 0 Å². The predicted molar refractivity (Wildman–Crippen MR) is 85.8 cm³/mol. The molecule has 4 heteroatoms. The molecule has 1 nitrogen and oxygen atoms in total. The smallest absolute Gasteiger partial charge is 0.123 e. The molecule has 0 aliphatic rings. The predicted octanol–water partition coefficient (Wildman–Crippen LogP) is 5.05. The molecule has 1 N–H and O–H groups in total. The number of benzene rings is 2. The van der Waals surface area contributed by atoms with Crippen LogP contribution in [0.4, 0.5) is 4.39 Å². The minimum atomic E-state index is -0.198. The Balaban J connectivity index is 2.31. The summed E-state index contributed by atoms with van der Waals surface area (Å²) in [6, 6.07) is 10.7. The maximum absolute atomic E-state index is 13.4. The molecule has 2 aromatic rings. The lowest BCUT2D eigenvalue weighted by atomic mass is 9.96. The van der Waals surface area contributed by atoms with E-state index in [9.17, 15) is 4.39 Å². The monoisotopic (exact) mass is 355 g/mol. The molecular weight excluding hydrogens is 341 g/mol. The second-order valence-corrected chi connectivity index (χ2v) is 6.07. The second kappa shape index (κ2) is 6.70. The van der Waals surface area contributed by atoms with Gasteiger partial charge in [0.05, 0.1) is 0 Å². The van der Waals surface area contributed by atoms with Crippen LogP contribution in [0.1, 0.15) is 22.7 Å². The molecule has 0 aliphatic heterocycles. The van der Waals surface area contributed by atoms with Crippen LogP contribution in [0.2, 0.25) is 5.02 Å². The van der Waals surface area contributed by atoms with E-state index in [2.05, 4.69) is 21.2 Å². The van der Waals surface area contributed by atoms with Crippen LogP contribution in [0.3, 0.4) is 0 Å². The molecule has 2 rings (SSSR count). The van der Waals surface area contributed by atoms with Crippen LogP contribution in [-0.2, 0) is 6.42 Å². The van der Waals surface area contributed by atoms with E-state index in [1.807, 2.05) is 38.2 Å². The first kappa shape index (κ1) is 15.5. The van der Waals surface area contributed by atoms with E-state index in [-0.39, 0.29) is 11.9 Å². The Labute approximate surface area is 132 Å². The van der Waals surface area contributed by atoms with Crippen LogP contribution in [0.5, 0.6) is 0 Å². The van der Waals surface area contributed by atoms with Gasteiger partial charge in [-0.3, -0.25) is 0 Å². The lowest BCUT2D eigenvalue weighted by molar-refractivity contribution is 0.580. The van der Waals surface area contributed by atoms with E-state index in [0.717, 1.165) is 27.6 Å². The van der Waals surface area contributed by atoms with Gasteiger partial charge in [-0.15, -0.1) is 0 Å². The summed E-state index contributed by atoms with van der Waals surface area (Å²) in [6.07, 6.45) is 0.723. The molecular formula is C16H16BrClFN. The Hall–Kier alpha value is -0.900. The fraction of sp³-hybridized carbons (Fsp3) is 0.250. The minimum Gasteiger partial charge on any atom is -0.313 e. The van der Waals surface area contributed by atoms with Gasteiger partial charge in [-0.25, -0.2) is 4.39 Å². The summed E-state index contributed by atoms with van der Waals surface area (Å²) in [5.74, 6) is -0.198. The normalized spacial score (nSPS) is 12.4. The summed E-state index contributed by atoms with van der Waals surface area (Å²) in [5, 5.41) is 3.97. The van der Waals surface area contributed by atoms with E-state index >= 15 is 0 Å². The highest BCUT2D eigenvalue weighted by atomic mass is 79.9. The van der Waals surface area contributed by atoms with Crippen molar-refractivity contribution in [1.29, 1.82) is 0 Å². The van der Waals surface area contributed by atoms with Gasteiger partial charge in [0.1, 0.15) is 5.82 Å². The van der Waals surface area contributed by atoms with Gasteiger partial charge < -0.3 is 5.32 Å². The number of rotatable bonds is 4. The molecule has 0 bridgehead atoms. The lowest BCUT2D eigenvalue weighted by Gasteiger charge is -2.19. The van der Waals surface area contributed by atoms with Crippen molar-refractivity contribution in [3.63, 3.8) is 0 Å². The van der Waals surface area contributed by atoms with Gasteiger partial charge in [-0.2, -0.15) is 0 Å². The molecule has 20 heavy (non-hydrogen) atoms. The van der Waals surface area contributed by atoms with E-state index in [4.69, 9.17) is 11.6 Å². The summed E-state index contributed by atoms with van der Waals surface area (Å²) in [5.41, 5.74) is 3.21. The van der Waals surface area contributed by atoms with Crippen molar-refractivity contribution in [2.75, 3.05) is 7.05 Å². The Kier molecular flexibility index (Phi) is 5.19. The van der Waals surface area contributed by atoms with Crippen molar-refractivity contribution in [3.8, 4) is 0 Å². The maximum Gasteiger partial charge on any atom is 0.123 e. The average Bonchev–Trinajstić information content (AvgIpc) is 2.40. The maximum atomic E-state index is 13.4. The number of hydrogen-bond acceptors (Lipinski definition) is 1. The third kappa shape index (κ3) is 3.60. The fourth-order valence-corrected chi connectivity index (χ4v) is 3.19. The first-order valence-corrected chi connectivity index (χ1v) is 7.55. The summed E-state index contributed by atoms with van der Waals surface area (Å²) < 4.78 is 14.3. The number of hydrogen-bond donors (Lipinski definition) is 1. The standard InChI is InChI=1S/C16H16BrClFN/c1-10-3-5-13(19)7-11(10)8-16(20-2)14-6-4-12(18)9-15(14)17/h3-7,9,16,20H,8H2,1-2H3. The summed E-state index contributed by atoms with van der Waals surface area (Å²) in [4.78, 5) is 0. The zero-order chi connectivity index (χ0) is 14.7. The number of nitrogens with one attached hydrogen (secondary N) is 1. The summed E-state index contributed by atoms with van der Waals surface area (Å²) in [6.45, 7) is 2.00. The Bertz CT molecular complexity index is 615. The van der Waals surface area contributed by atoms with Crippen molar-refractivity contribution >= 4 is 27.5 Å². The van der Waals surface area contributed by atoms with Crippen molar-refractivity contribution in [1.82, 2.24) is 5.32 Å². The Morgan fingerprint density at radius 3 is 2.65 bits per heavy atom. The molecule has 0 amide bonds. The molecule has 2 aromatic carbocycles. The third-order valence-electron chi connectivity index (χ3n) is 3.42. The quantitative estimate of drug-likeness (QED) is 0.808. The highest BCUT2D eigenvalue weighted by Gasteiger charge is 2.15. The number of likely N-dealkylation sites (N-methyl/N-ethyl adjacent to an activating group) is 1. The highest BCUT2D eigenvalue weighted by Crippen LogP contribution is 2.29. The topological polar surface area (TPSA) is 12.0 Å². The van der Waals surface area contributed by atoms with Gasteiger partial charge in [0, 0.05) is 15.5 Å². The van der Waals surface area contributed by atoms with Crippen LogP contribution < -0.4 is 5.32 Å². The van der Waals surface area contributed by atoms with Crippen LogP contribution in [0.15, 0.2) is 40.9 Å². The fourth-order valence-electron chi connectivity index (χ4n) is 2.23. The van der Waals surface area contributed by atoms with Crippen molar-refractivity contribution < 1.29 is 4.39 Å². The first-order valence-electron chi connectivity index (χ1n) is 6.38. The van der Waals surface area contributed by atoms with Gasteiger partial charge in [0.15, 0.2) is 0 Å². The van der Waals surface area contributed by atoms with Crippen LogP contribution in [-0.4, -0.2) is 7.05 Å². The summed E-state index contributed by atoms with van der Waals surface area (Å²) >= 11 is 9.51. The lowest BCUT2D eigenvalue weighted by Crippen LogP contribution is -2.19. The SMILES string of the molecule is CNC(Cc1cc(F)ccc1C)c1ccc(Cl)cc1Br. The van der Waals surface area contributed by atoms with Crippen molar-refractivity contribution in [2.24, 2.45) is 0 Å². The molecule has 0 aromatic heterocycles. The molecule has 0 saturated heterocycles.